The second kappa shape index (κ2) is 9.87. The van der Waals surface area contributed by atoms with Gasteiger partial charge in [0.1, 0.15) is 17.7 Å². The van der Waals surface area contributed by atoms with Crippen molar-refractivity contribution in [3.8, 4) is 16.9 Å². The smallest absolute Gasteiger partial charge is 0.416 e. The number of nitrogens with two attached hydrogens (primary N) is 1. The molecule has 1 saturated heterocycles. The monoisotopic (exact) mass is 489 g/mol. The van der Waals surface area contributed by atoms with E-state index >= 15 is 0 Å². The number of ether oxygens (including phenoxy) is 1. The number of carbonyl (C=O) groups is 1. The molecule has 2 aromatic carbocycles. The number of benzene rings is 2. The van der Waals surface area contributed by atoms with Gasteiger partial charge in [0.15, 0.2) is 0 Å². The Hall–Kier alpha value is -3.73. The van der Waals surface area contributed by atoms with Gasteiger partial charge in [-0.1, -0.05) is 13.0 Å². The van der Waals surface area contributed by atoms with E-state index in [9.17, 15) is 22.4 Å². The molecule has 184 valence electrons. The molecule has 0 unspecified atom stereocenters. The minimum Gasteiger partial charge on any atom is -0.487 e. The number of nitrogen functional groups attached to an aromatic ring is 1. The number of likely N-dealkylation sites (N-methyl/N-ethyl adjacent to an activating group) is 1. The lowest BCUT2D eigenvalue weighted by Crippen LogP contribution is -2.25. The normalized spacial score (nSPS) is 16.3. The van der Waals surface area contributed by atoms with Gasteiger partial charge in [-0.2, -0.15) is 13.2 Å². The lowest BCUT2D eigenvalue weighted by molar-refractivity contribution is -0.137. The molecule has 0 spiro atoms. The van der Waals surface area contributed by atoms with Crippen molar-refractivity contribution in [1.82, 2.24) is 14.9 Å². The van der Waals surface area contributed by atoms with Gasteiger partial charge in [0.05, 0.1) is 16.8 Å². The van der Waals surface area contributed by atoms with Crippen LogP contribution in [0.5, 0.6) is 5.75 Å². The summed E-state index contributed by atoms with van der Waals surface area (Å²) in [6.45, 7) is 4.25. The number of aromatic nitrogens is 2. The van der Waals surface area contributed by atoms with Gasteiger partial charge in [-0.3, -0.25) is 9.69 Å². The zero-order valence-corrected chi connectivity index (χ0v) is 18.8. The summed E-state index contributed by atoms with van der Waals surface area (Å²) in [6, 6.07) is 6.63. The van der Waals surface area contributed by atoms with Crippen LogP contribution >= 0.6 is 0 Å². The SMILES string of the molecule is CCN1CC[C@H](Oc2ccc(C(F)(F)F)cc2NC(=O)c2cc(-c3cnc(N)nc3)ccc2F)C1. The van der Waals surface area contributed by atoms with Crippen LogP contribution in [0.15, 0.2) is 48.8 Å². The number of likely N-dealkylation sites (tertiary alicyclic amines) is 1. The second-order valence-electron chi connectivity index (χ2n) is 8.11. The summed E-state index contributed by atoms with van der Waals surface area (Å²) in [7, 11) is 0. The number of hydrogen-bond acceptors (Lipinski definition) is 6. The van der Waals surface area contributed by atoms with Crippen LogP contribution in [0.25, 0.3) is 11.1 Å². The number of hydrogen-bond donors (Lipinski definition) is 2. The Labute approximate surface area is 198 Å². The van der Waals surface area contributed by atoms with Gasteiger partial charge in [-0.25, -0.2) is 14.4 Å². The summed E-state index contributed by atoms with van der Waals surface area (Å²) in [5.41, 5.74) is 4.88. The van der Waals surface area contributed by atoms with Gasteiger partial charge in [-0.15, -0.1) is 0 Å². The molecular formula is C24H23F4N5O2. The Kier molecular flexibility index (Phi) is 6.88. The van der Waals surface area contributed by atoms with E-state index in [1.807, 2.05) is 6.92 Å². The van der Waals surface area contributed by atoms with Crippen LogP contribution < -0.4 is 15.8 Å². The molecule has 1 aliphatic rings. The van der Waals surface area contributed by atoms with Crippen molar-refractivity contribution < 1.29 is 27.1 Å². The number of carbonyl (C=O) groups excluding carboxylic acids is 1. The quantitative estimate of drug-likeness (QED) is 0.492. The molecule has 1 atom stereocenters. The minimum atomic E-state index is -4.63. The van der Waals surface area contributed by atoms with Crippen molar-refractivity contribution >= 4 is 17.5 Å². The Balaban J connectivity index is 1.63. The highest BCUT2D eigenvalue weighted by atomic mass is 19.4. The van der Waals surface area contributed by atoms with Crippen LogP contribution in [0.2, 0.25) is 0 Å². The summed E-state index contributed by atoms with van der Waals surface area (Å²) in [4.78, 5) is 22.9. The third-order valence-corrected chi connectivity index (χ3v) is 5.74. The molecule has 11 heteroatoms. The number of alkyl halides is 3. The summed E-state index contributed by atoms with van der Waals surface area (Å²) in [6.07, 6.45) is -1.35. The lowest BCUT2D eigenvalue weighted by Gasteiger charge is -2.19. The van der Waals surface area contributed by atoms with E-state index in [4.69, 9.17) is 10.5 Å². The third-order valence-electron chi connectivity index (χ3n) is 5.74. The van der Waals surface area contributed by atoms with Gasteiger partial charge in [-0.05, 0) is 48.9 Å². The fourth-order valence-electron chi connectivity index (χ4n) is 3.82. The molecule has 1 fully saturated rings. The summed E-state index contributed by atoms with van der Waals surface area (Å²) in [5, 5.41) is 2.40. The Morgan fingerprint density at radius 2 is 1.91 bits per heavy atom. The fraction of sp³-hybridized carbons (Fsp3) is 0.292. The van der Waals surface area contributed by atoms with Gasteiger partial charge < -0.3 is 15.8 Å². The van der Waals surface area contributed by atoms with E-state index < -0.39 is 23.5 Å². The first-order valence-corrected chi connectivity index (χ1v) is 10.9. The summed E-state index contributed by atoms with van der Waals surface area (Å²) in [5.74, 6) is -1.63. The highest BCUT2D eigenvalue weighted by Crippen LogP contribution is 2.36. The predicted octanol–water partition coefficient (Wildman–Crippen LogP) is 4.61. The van der Waals surface area contributed by atoms with Crippen LogP contribution in [0.3, 0.4) is 0 Å². The summed E-state index contributed by atoms with van der Waals surface area (Å²) >= 11 is 0. The maximum absolute atomic E-state index is 14.6. The van der Waals surface area contributed by atoms with Crippen molar-refractivity contribution in [2.75, 3.05) is 30.7 Å². The van der Waals surface area contributed by atoms with E-state index in [0.29, 0.717) is 24.1 Å². The van der Waals surface area contributed by atoms with E-state index in [2.05, 4.69) is 20.2 Å². The molecule has 2 heterocycles. The first kappa shape index (κ1) is 24.4. The van der Waals surface area contributed by atoms with Gasteiger partial charge in [0.2, 0.25) is 5.95 Å². The van der Waals surface area contributed by atoms with E-state index in [-0.39, 0.29) is 29.1 Å². The van der Waals surface area contributed by atoms with E-state index in [1.54, 1.807) is 0 Å². The van der Waals surface area contributed by atoms with Crippen LogP contribution in [-0.4, -0.2) is 46.5 Å². The number of halogens is 4. The maximum Gasteiger partial charge on any atom is 0.416 e. The second-order valence-corrected chi connectivity index (χ2v) is 8.11. The number of anilines is 2. The van der Waals surface area contributed by atoms with Crippen LogP contribution in [0.1, 0.15) is 29.3 Å². The molecule has 3 aromatic rings. The van der Waals surface area contributed by atoms with Gasteiger partial charge >= 0.3 is 6.18 Å². The van der Waals surface area contributed by atoms with E-state index in [0.717, 1.165) is 31.3 Å². The van der Waals surface area contributed by atoms with Gasteiger partial charge in [0, 0.05) is 31.0 Å². The van der Waals surface area contributed by atoms with Crippen molar-refractivity contribution in [3.63, 3.8) is 0 Å². The minimum absolute atomic E-state index is 0.0511. The largest absolute Gasteiger partial charge is 0.487 e. The number of rotatable bonds is 6. The Morgan fingerprint density at radius 3 is 2.57 bits per heavy atom. The molecule has 1 aromatic heterocycles. The first-order valence-electron chi connectivity index (χ1n) is 10.9. The third kappa shape index (κ3) is 5.68. The predicted molar refractivity (Wildman–Crippen MR) is 122 cm³/mol. The van der Waals surface area contributed by atoms with Crippen molar-refractivity contribution in [1.29, 1.82) is 0 Å². The average Bonchev–Trinajstić information content (AvgIpc) is 3.28. The highest BCUT2D eigenvalue weighted by molar-refractivity contribution is 6.06. The van der Waals surface area contributed by atoms with Crippen molar-refractivity contribution in [2.45, 2.75) is 25.6 Å². The van der Waals surface area contributed by atoms with Crippen LogP contribution in [-0.2, 0) is 6.18 Å². The van der Waals surface area contributed by atoms with Gasteiger partial charge in [0.25, 0.3) is 5.91 Å². The first-order chi connectivity index (χ1) is 16.6. The van der Waals surface area contributed by atoms with Crippen LogP contribution in [0.4, 0.5) is 29.2 Å². The topological polar surface area (TPSA) is 93.4 Å². The molecule has 0 saturated carbocycles. The van der Waals surface area contributed by atoms with Crippen molar-refractivity contribution in [2.24, 2.45) is 0 Å². The molecule has 35 heavy (non-hydrogen) atoms. The molecule has 0 bridgehead atoms. The molecule has 3 N–H and O–H groups in total. The molecule has 7 nitrogen and oxygen atoms in total. The fourth-order valence-corrected chi connectivity index (χ4v) is 3.82. The Bertz CT molecular complexity index is 1220. The zero-order chi connectivity index (χ0) is 25.2. The molecule has 0 radical (unpaired) electrons. The summed E-state index contributed by atoms with van der Waals surface area (Å²) < 4.78 is 60.5. The molecular weight excluding hydrogens is 466 g/mol. The highest BCUT2D eigenvalue weighted by Gasteiger charge is 2.32. The standard InChI is InChI=1S/C24H23F4N5O2/c1-2-33-8-7-17(13-33)35-21-6-4-16(24(26,27)28)10-20(21)32-22(34)18-9-14(3-5-19(18)25)15-11-30-23(29)31-12-15/h3-6,9-12,17H,2,7-8,13H2,1H3,(H,32,34)(H2,29,30,31)/t17-/m0/s1. The molecule has 4 rings (SSSR count). The molecule has 1 amide bonds. The number of nitrogens with zero attached hydrogens (tertiary/aromatic N) is 3. The Morgan fingerprint density at radius 1 is 1.17 bits per heavy atom. The lowest BCUT2D eigenvalue weighted by atomic mass is 10.0. The van der Waals surface area contributed by atoms with E-state index in [1.165, 1.54) is 30.6 Å². The van der Waals surface area contributed by atoms with Crippen LogP contribution in [0, 0.1) is 5.82 Å². The maximum atomic E-state index is 14.6. The number of nitrogens with one attached hydrogen (secondary N) is 1. The van der Waals surface area contributed by atoms with Crippen molar-refractivity contribution in [3.05, 3.63) is 65.7 Å². The number of amides is 1. The molecule has 1 aliphatic heterocycles. The molecule has 0 aliphatic carbocycles. The zero-order valence-electron chi connectivity index (χ0n) is 18.8. The average molecular weight is 489 g/mol.